The molecule has 7 nitrogen and oxygen atoms in total. The van der Waals surface area contributed by atoms with E-state index in [1.807, 2.05) is 13.0 Å². The monoisotopic (exact) mass is 294 g/mol. The van der Waals surface area contributed by atoms with Crippen molar-refractivity contribution in [3.63, 3.8) is 0 Å². The molecule has 1 aromatic heterocycles. The lowest BCUT2D eigenvalue weighted by Crippen LogP contribution is -2.28. The molecular weight excluding hydrogens is 272 g/mol. The van der Waals surface area contributed by atoms with Crippen molar-refractivity contribution in [2.45, 2.75) is 26.7 Å². The molecule has 1 N–H and O–H groups in total. The number of amides is 1. The van der Waals surface area contributed by atoms with Gasteiger partial charge in [-0.15, -0.1) is 0 Å². The van der Waals surface area contributed by atoms with Crippen molar-refractivity contribution in [1.82, 2.24) is 15.3 Å². The van der Waals surface area contributed by atoms with Crippen LogP contribution in [0.2, 0.25) is 0 Å². The maximum absolute atomic E-state index is 11.1. The highest BCUT2D eigenvalue weighted by Crippen LogP contribution is 2.21. The minimum atomic E-state index is -0.433. The Balaban J connectivity index is 1.84. The van der Waals surface area contributed by atoms with Crippen molar-refractivity contribution in [3.8, 4) is 5.88 Å². The lowest BCUT2D eigenvalue weighted by atomic mass is 10.4. The van der Waals surface area contributed by atoms with E-state index in [2.05, 4.69) is 20.2 Å². The summed E-state index contributed by atoms with van der Waals surface area (Å²) in [5, 5.41) is 2.60. The average molecular weight is 294 g/mol. The summed E-state index contributed by atoms with van der Waals surface area (Å²) in [6.07, 6.45) is 1.96. The third-order valence-corrected chi connectivity index (χ3v) is 3.13. The van der Waals surface area contributed by atoms with E-state index in [1.165, 1.54) is 12.8 Å². The highest BCUT2D eigenvalue weighted by molar-refractivity contribution is 5.66. The van der Waals surface area contributed by atoms with Crippen LogP contribution in [0.4, 0.5) is 10.6 Å². The van der Waals surface area contributed by atoms with Gasteiger partial charge in [0.1, 0.15) is 18.2 Å². The van der Waals surface area contributed by atoms with Crippen molar-refractivity contribution >= 4 is 11.9 Å². The van der Waals surface area contributed by atoms with E-state index in [-0.39, 0.29) is 0 Å². The number of aromatic nitrogens is 2. The highest BCUT2D eigenvalue weighted by atomic mass is 16.5. The molecule has 0 atom stereocenters. The number of alkyl carbamates (subject to hydrolysis) is 1. The summed E-state index contributed by atoms with van der Waals surface area (Å²) in [6, 6.07) is 1.85. The number of hydrogen-bond donors (Lipinski definition) is 1. The lowest BCUT2D eigenvalue weighted by Gasteiger charge is -2.17. The Kier molecular flexibility index (Phi) is 5.59. The first kappa shape index (κ1) is 15.3. The van der Waals surface area contributed by atoms with Gasteiger partial charge < -0.3 is 19.7 Å². The zero-order chi connectivity index (χ0) is 15.1. The largest absolute Gasteiger partial charge is 0.476 e. The van der Waals surface area contributed by atoms with Crippen LogP contribution in [-0.4, -0.2) is 48.9 Å². The van der Waals surface area contributed by atoms with Gasteiger partial charge >= 0.3 is 6.09 Å². The summed E-state index contributed by atoms with van der Waals surface area (Å²) in [6.45, 7) is 6.75. The van der Waals surface area contributed by atoms with Gasteiger partial charge in [-0.2, -0.15) is 4.98 Å². The topological polar surface area (TPSA) is 76.6 Å². The molecule has 1 fully saturated rings. The quantitative estimate of drug-likeness (QED) is 0.801. The van der Waals surface area contributed by atoms with Crippen LogP contribution in [0.5, 0.6) is 5.88 Å². The first-order valence-corrected chi connectivity index (χ1v) is 7.33. The summed E-state index contributed by atoms with van der Waals surface area (Å²) in [4.78, 5) is 22.0. The number of carbonyl (C=O) groups is 1. The number of anilines is 1. The SMILES string of the molecule is CCOC(=O)NCCOc1cc(N2CCCC2)nc(C)n1. The Labute approximate surface area is 124 Å². The standard InChI is InChI=1S/C14H22N4O3/c1-3-20-14(19)15-6-9-21-13-10-12(16-11(2)17-13)18-7-4-5-8-18/h10H,3-9H2,1-2H3,(H,15,19). The molecule has 2 rings (SSSR count). The predicted molar refractivity (Wildman–Crippen MR) is 78.7 cm³/mol. The van der Waals surface area contributed by atoms with Crippen LogP contribution >= 0.6 is 0 Å². The molecule has 1 aliphatic rings. The Bertz CT molecular complexity index is 475. The third-order valence-electron chi connectivity index (χ3n) is 3.13. The summed E-state index contributed by atoms with van der Waals surface area (Å²) in [5.74, 6) is 2.14. The summed E-state index contributed by atoms with van der Waals surface area (Å²) in [5.41, 5.74) is 0. The maximum Gasteiger partial charge on any atom is 0.407 e. The van der Waals surface area contributed by atoms with Crippen LogP contribution in [-0.2, 0) is 4.74 Å². The molecule has 1 aromatic rings. The minimum Gasteiger partial charge on any atom is -0.476 e. The predicted octanol–water partition coefficient (Wildman–Crippen LogP) is 1.51. The van der Waals surface area contributed by atoms with Gasteiger partial charge in [-0.1, -0.05) is 0 Å². The van der Waals surface area contributed by atoms with Crippen LogP contribution < -0.4 is 15.0 Å². The number of aryl methyl sites for hydroxylation is 1. The molecule has 7 heteroatoms. The number of nitrogens with one attached hydrogen (secondary N) is 1. The minimum absolute atomic E-state index is 0.342. The second-order valence-corrected chi connectivity index (χ2v) is 4.80. The summed E-state index contributed by atoms with van der Waals surface area (Å²) >= 11 is 0. The van der Waals surface area contributed by atoms with Crippen molar-refractivity contribution < 1.29 is 14.3 Å². The van der Waals surface area contributed by atoms with Crippen molar-refractivity contribution in [2.24, 2.45) is 0 Å². The molecule has 0 aliphatic carbocycles. The maximum atomic E-state index is 11.1. The van der Waals surface area contributed by atoms with Crippen LogP contribution in [0.3, 0.4) is 0 Å². The van der Waals surface area contributed by atoms with E-state index in [0.29, 0.717) is 31.5 Å². The van der Waals surface area contributed by atoms with Gasteiger partial charge in [-0.05, 0) is 26.7 Å². The van der Waals surface area contributed by atoms with E-state index in [9.17, 15) is 4.79 Å². The molecule has 0 spiro atoms. The molecule has 0 bridgehead atoms. The van der Waals surface area contributed by atoms with Crippen LogP contribution in [0, 0.1) is 6.92 Å². The number of carbonyl (C=O) groups excluding carboxylic acids is 1. The van der Waals surface area contributed by atoms with E-state index in [1.54, 1.807) is 6.92 Å². The molecule has 0 saturated carbocycles. The van der Waals surface area contributed by atoms with Crippen molar-refractivity contribution in [2.75, 3.05) is 37.7 Å². The zero-order valence-electron chi connectivity index (χ0n) is 12.6. The zero-order valence-corrected chi connectivity index (χ0v) is 12.6. The van der Waals surface area contributed by atoms with E-state index >= 15 is 0 Å². The van der Waals surface area contributed by atoms with E-state index in [0.717, 1.165) is 18.9 Å². The number of rotatable bonds is 6. The third kappa shape index (κ3) is 4.77. The lowest BCUT2D eigenvalue weighted by molar-refractivity contribution is 0.150. The normalized spacial score (nSPS) is 14.1. The van der Waals surface area contributed by atoms with Gasteiger partial charge in [0.05, 0.1) is 13.2 Å². The molecule has 1 amide bonds. The molecule has 0 unspecified atom stereocenters. The van der Waals surface area contributed by atoms with Gasteiger partial charge in [-0.25, -0.2) is 9.78 Å². The first-order valence-electron chi connectivity index (χ1n) is 7.33. The number of ether oxygens (including phenoxy) is 2. The van der Waals surface area contributed by atoms with Gasteiger partial charge in [-0.3, -0.25) is 0 Å². The Morgan fingerprint density at radius 1 is 1.38 bits per heavy atom. The van der Waals surface area contributed by atoms with Gasteiger partial charge in [0, 0.05) is 19.2 Å². The van der Waals surface area contributed by atoms with E-state index < -0.39 is 6.09 Å². The number of nitrogens with zero attached hydrogens (tertiary/aromatic N) is 3. The molecule has 21 heavy (non-hydrogen) atoms. The molecule has 116 valence electrons. The van der Waals surface area contributed by atoms with Gasteiger partial charge in [0.25, 0.3) is 0 Å². The van der Waals surface area contributed by atoms with Crippen LogP contribution in [0.25, 0.3) is 0 Å². The summed E-state index contributed by atoms with van der Waals surface area (Å²) in [7, 11) is 0. The fraction of sp³-hybridized carbons (Fsp3) is 0.643. The molecule has 1 saturated heterocycles. The summed E-state index contributed by atoms with van der Waals surface area (Å²) < 4.78 is 10.3. The average Bonchev–Trinajstić information content (AvgIpc) is 2.97. The molecular formula is C14H22N4O3. The van der Waals surface area contributed by atoms with Gasteiger partial charge in [0.15, 0.2) is 0 Å². The Morgan fingerprint density at radius 2 is 2.14 bits per heavy atom. The fourth-order valence-electron chi connectivity index (χ4n) is 2.20. The molecule has 2 heterocycles. The fourth-order valence-corrected chi connectivity index (χ4v) is 2.20. The molecule has 0 radical (unpaired) electrons. The van der Waals surface area contributed by atoms with E-state index in [4.69, 9.17) is 9.47 Å². The van der Waals surface area contributed by atoms with Crippen molar-refractivity contribution in [3.05, 3.63) is 11.9 Å². The Hall–Kier alpha value is -2.05. The van der Waals surface area contributed by atoms with Gasteiger partial charge in [0.2, 0.25) is 5.88 Å². The van der Waals surface area contributed by atoms with Crippen LogP contribution in [0.1, 0.15) is 25.6 Å². The highest BCUT2D eigenvalue weighted by Gasteiger charge is 2.15. The Morgan fingerprint density at radius 3 is 2.86 bits per heavy atom. The second-order valence-electron chi connectivity index (χ2n) is 4.80. The van der Waals surface area contributed by atoms with Crippen LogP contribution in [0.15, 0.2) is 6.07 Å². The molecule has 0 aromatic carbocycles. The number of hydrogen-bond acceptors (Lipinski definition) is 6. The molecule has 1 aliphatic heterocycles. The smallest absolute Gasteiger partial charge is 0.407 e. The van der Waals surface area contributed by atoms with Crippen molar-refractivity contribution in [1.29, 1.82) is 0 Å². The first-order chi connectivity index (χ1) is 10.2. The second kappa shape index (κ2) is 7.66.